The van der Waals surface area contributed by atoms with Crippen LogP contribution in [0.15, 0.2) is 45.6 Å². The molecule has 1 aliphatic rings. The van der Waals surface area contributed by atoms with E-state index in [9.17, 15) is 18.0 Å². The number of benzene rings is 1. The monoisotopic (exact) mass is 513 g/mol. The van der Waals surface area contributed by atoms with E-state index < -0.39 is 16.0 Å². The highest BCUT2D eigenvalue weighted by atomic mass is 35.5. The van der Waals surface area contributed by atoms with Gasteiger partial charge in [-0.25, -0.2) is 8.42 Å². The van der Waals surface area contributed by atoms with E-state index in [4.69, 9.17) is 16.3 Å². The van der Waals surface area contributed by atoms with Gasteiger partial charge < -0.3 is 9.30 Å². The second kappa shape index (κ2) is 9.44. The molecule has 4 rings (SSSR count). The number of thiazole rings is 1. The minimum absolute atomic E-state index is 0.0489. The summed E-state index contributed by atoms with van der Waals surface area (Å²) in [5.41, 5.74) is 0.796. The molecule has 8 nitrogen and oxygen atoms in total. The lowest BCUT2D eigenvalue weighted by Gasteiger charge is -2.29. The Hall–Kier alpha value is -2.05. The van der Waals surface area contributed by atoms with Gasteiger partial charge in [0.15, 0.2) is 4.80 Å². The van der Waals surface area contributed by atoms with Gasteiger partial charge >= 0.3 is 5.97 Å². The highest BCUT2D eigenvalue weighted by molar-refractivity contribution is 7.91. The van der Waals surface area contributed by atoms with Gasteiger partial charge in [0.1, 0.15) is 10.8 Å². The molecule has 170 valence electrons. The Balaban J connectivity index is 1.53. The van der Waals surface area contributed by atoms with E-state index in [1.807, 2.05) is 24.3 Å². The molecule has 12 heteroatoms. The molecule has 0 spiro atoms. The highest BCUT2D eigenvalue weighted by Gasteiger charge is 2.33. The van der Waals surface area contributed by atoms with Crippen molar-refractivity contribution in [2.24, 2.45) is 10.9 Å². The lowest BCUT2D eigenvalue weighted by molar-refractivity contribution is -0.141. The van der Waals surface area contributed by atoms with Crippen LogP contribution in [0.5, 0.6) is 0 Å². The zero-order valence-electron chi connectivity index (χ0n) is 17.1. The van der Waals surface area contributed by atoms with Crippen LogP contribution < -0.4 is 4.80 Å². The number of nitrogens with zero attached hydrogens (tertiary/aromatic N) is 3. The number of ether oxygens (including phenoxy) is 1. The van der Waals surface area contributed by atoms with Crippen molar-refractivity contribution >= 4 is 66.4 Å². The summed E-state index contributed by atoms with van der Waals surface area (Å²) in [5, 5.41) is 0. The molecule has 1 amide bonds. The number of amides is 1. The van der Waals surface area contributed by atoms with E-state index in [0.29, 0.717) is 22.0 Å². The summed E-state index contributed by atoms with van der Waals surface area (Å²) < 4.78 is 34.9. The number of hydrogen-bond donors (Lipinski definition) is 0. The van der Waals surface area contributed by atoms with Gasteiger partial charge in [-0.3, -0.25) is 9.59 Å². The molecule has 0 atom stereocenters. The van der Waals surface area contributed by atoms with Gasteiger partial charge in [-0.1, -0.05) is 35.1 Å². The number of methoxy groups -OCH3 is 1. The maximum absolute atomic E-state index is 12.9. The van der Waals surface area contributed by atoms with Crippen molar-refractivity contribution in [1.82, 2.24) is 8.87 Å². The second-order valence-corrected chi connectivity index (χ2v) is 12.1. The van der Waals surface area contributed by atoms with Crippen molar-refractivity contribution in [2.45, 2.75) is 23.6 Å². The third-order valence-electron chi connectivity index (χ3n) is 5.25. The Kier molecular flexibility index (Phi) is 6.82. The molecular formula is C20H20ClN3O5S3. The van der Waals surface area contributed by atoms with Crippen LogP contribution in [0, 0.1) is 5.92 Å². The summed E-state index contributed by atoms with van der Waals surface area (Å²) in [4.78, 5) is 29.5. The molecule has 0 N–H and O–H groups in total. The van der Waals surface area contributed by atoms with Gasteiger partial charge in [0.05, 0.1) is 21.7 Å². The van der Waals surface area contributed by atoms with Crippen molar-refractivity contribution in [3.63, 3.8) is 0 Å². The number of rotatable bonds is 5. The maximum Gasteiger partial charge on any atom is 0.325 e. The molecule has 0 aliphatic carbocycles. The Morgan fingerprint density at radius 1 is 1.16 bits per heavy atom. The summed E-state index contributed by atoms with van der Waals surface area (Å²) in [6.45, 7) is 0.420. The first-order chi connectivity index (χ1) is 15.3. The van der Waals surface area contributed by atoms with Crippen molar-refractivity contribution < 1.29 is 22.7 Å². The smallest absolute Gasteiger partial charge is 0.325 e. The van der Waals surface area contributed by atoms with Crippen LogP contribution in [0.25, 0.3) is 10.2 Å². The van der Waals surface area contributed by atoms with Gasteiger partial charge in [-0.05, 0) is 37.1 Å². The summed E-state index contributed by atoms with van der Waals surface area (Å²) in [5.74, 6) is -1.13. The number of sulfonamides is 1. The van der Waals surface area contributed by atoms with Crippen molar-refractivity contribution in [2.75, 3.05) is 20.2 Å². The number of fused-ring (bicyclic) bond motifs is 1. The topological polar surface area (TPSA) is 98.0 Å². The van der Waals surface area contributed by atoms with E-state index >= 15 is 0 Å². The minimum Gasteiger partial charge on any atom is -0.468 e. The minimum atomic E-state index is -3.62. The molecule has 3 heterocycles. The predicted molar refractivity (Wildman–Crippen MR) is 123 cm³/mol. The van der Waals surface area contributed by atoms with Gasteiger partial charge in [-0.15, -0.1) is 11.3 Å². The molecule has 0 unspecified atom stereocenters. The average Bonchev–Trinajstić information content (AvgIpc) is 3.38. The molecule has 0 radical (unpaired) electrons. The van der Waals surface area contributed by atoms with E-state index in [-0.39, 0.29) is 35.7 Å². The van der Waals surface area contributed by atoms with Crippen LogP contribution in [0.3, 0.4) is 0 Å². The molecule has 1 aliphatic heterocycles. The first kappa shape index (κ1) is 23.1. The highest BCUT2D eigenvalue weighted by Crippen LogP contribution is 2.30. The van der Waals surface area contributed by atoms with Gasteiger partial charge in [-0.2, -0.15) is 9.30 Å². The number of carbonyl (C=O) groups is 2. The summed E-state index contributed by atoms with van der Waals surface area (Å²) in [7, 11) is -2.31. The number of para-hydroxylation sites is 1. The van der Waals surface area contributed by atoms with Crippen molar-refractivity contribution in [3.05, 3.63) is 45.5 Å². The van der Waals surface area contributed by atoms with E-state index in [1.165, 1.54) is 28.8 Å². The predicted octanol–water partition coefficient (Wildman–Crippen LogP) is 3.12. The van der Waals surface area contributed by atoms with E-state index in [1.54, 1.807) is 10.6 Å². The molecule has 32 heavy (non-hydrogen) atoms. The number of piperidine rings is 1. The summed E-state index contributed by atoms with van der Waals surface area (Å²) in [6, 6.07) is 10.5. The fourth-order valence-corrected chi connectivity index (χ4v) is 7.69. The molecule has 1 fully saturated rings. The number of halogens is 1. The lowest BCUT2D eigenvalue weighted by atomic mass is 9.98. The quantitative estimate of drug-likeness (QED) is 0.488. The normalized spacial score (nSPS) is 16.5. The number of thiophene rings is 1. The van der Waals surface area contributed by atoms with Crippen LogP contribution in [-0.4, -0.2) is 49.4 Å². The standard InChI is InChI=1S/C20H20ClN3O5S3/c1-29-17(25)12-24-14-4-2-3-5-15(14)30-20(24)22-19(26)13-8-10-23(11-9-13)32(27,28)18-7-6-16(21)31-18/h2-7,13H,8-12H2,1H3. The molecule has 3 aromatic rings. The molecule has 0 saturated carbocycles. The molecule has 1 saturated heterocycles. The van der Waals surface area contributed by atoms with Gasteiger partial charge in [0, 0.05) is 19.0 Å². The zero-order chi connectivity index (χ0) is 22.9. The van der Waals surface area contributed by atoms with Crippen LogP contribution in [0.4, 0.5) is 0 Å². The number of hydrogen-bond acceptors (Lipinski definition) is 7. The van der Waals surface area contributed by atoms with Gasteiger partial charge in [0.2, 0.25) is 0 Å². The third kappa shape index (κ3) is 4.67. The first-order valence-electron chi connectivity index (χ1n) is 9.79. The molecular weight excluding hydrogens is 494 g/mol. The lowest BCUT2D eigenvalue weighted by Crippen LogP contribution is -2.40. The zero-order valence-corrected chi connectivity index (χ0v) is 20.3. The largest absolute Gasteiger partial charge is 0.468 e. The molecule has 1 aromatic carbocycles. The van der Waals surface area contributed by atoms with E-state index in [2.05, 4.69) is 4.99 Å². The second-order valence-electron chi connectivity index (χ2n) is 7.20. The molecule has 2 aromatic heterocycles. The van der Waals surface area contributed by atoms with Crippen LogP contribution in [0.2, 0.25) is 4.34 Å². The Morgan fingerprint density at radius 3 is 2.53 bits per heavy atom. The van der Waals surface area contributed by atoms with Gasteiger partial charge in [0.25, 0.3) is 15.9 Å². The molecule has 0 bridgehead atoms. The number of carbonyl (C=O) groups excluding carboxylic acids is 2. The third-order valence-corrected chi connectivity index (χ3v) is 9.91. The first-order valence-corrected chi connectivity index (χ1v) is 13.2. The fraction of sp³-hybridized carbons (Fsp3) is 0.350. The number of esters is 1. The SMILES string of the molecule is COC(=O)Cn1c(=NC(=O)C2CCN(S(=O)(=O)c3ccc(Cl)s3)CC2)sc2ccccc21. The summed E-state index contributed by atoms with van der Waals surface area (Å²) >= 11 is 8.22. The summed E-state index contributed by atoms with van der Waals surface area (Å²) in [6.07, 6.45) is 0.755. The Labute approximate surface area is 197 Å². The van der Waals surface area contributed by atoms with E-state index in [0.717, 1.165) is 21.6 Å². The Bertz CT molecular complexity index is 1330. The Morgan fingerprint density at radius 2 is 1.88 bits per heavy atom. The fourth-order valence-electron chi connectivity index (χ4n) is 3.54. The maximum atomic E-state index is 12.9. The van der Waals surface area contributed by atoms with Crippen LogP contribution in [0.1, 0.15) is 12.8 Å². The van der Waals surface area contributed by atoms with Crippen LogP contribution >= 0.6 is 34.3 Å². The number of aromatic nitrogens is 1. The average molecular weight is 514 g/mol. The van der Waals surface area contributed by atoms with Crippen molar-refractivity contribution in [3.8, 4) is 0 Å². The van der Waals surface area contributed by atoms with Crippen LogP contribution in [-0.2, 0) is 30.9 Å². The van der Waals surface area contributed by atoms with Crippen molar-refractivity contribution in [1.29, 1.82) is 0 Å².